The van der Waals surface area contributed by atoms with E-state index in [4.69, 9.17) is 4.74 Å². The van der Waals surface area contributed by atoms with Crippen LogP contribution in [0.3, 0.4) is 0 Å². The molecule has 0 aromatic carbocycles. The Labute approximate surface area is 95.8 Å². The minimum atomic E-state index is -0.463. The van der Waals surface area contributed by atoms with Crippen LogP contribution >= 0.6 is 0 Å². The molecule has 1 aromatic rings. The van der Waals surface area contributed by atoms with Crippen LogP contribution in [0.1, 0.15) is 33.4 Å². The molecule has 0 unspecified atom stereocenters. The van der Waals surface area contributed by atoms with E-state index >= 15 is 0 Å². The lowest BCUT2D eigenvalue weighted by molar-refractivity contribution is 0.0522. The molecule has 0 saturated heterocycles. The van der Waals surface area contributed by atoms with Crippen LogP contribution in [0.2, 0.25) is 0 Å². The Morgan fingerprint density at radius 3 is 2.81 bits per heavy atom. The zero-order valence-electron chi connectivity index (χ0n) is 10.3. The summed E-state index contributed by atoms with van der Waals surface area (Å²) in [6, 6.07) is 0. The molecule has 0 radical (unpaired) electrons. The first-order valence-corrected chi connectivity index (χ1v) is 5.38. The largest absolute Gasteiger partial charge is 0.444 e. The lowest BCUT2D eigenvalue weighted by atomic mass is 10.2. The Balaban J connectivity index is 2.43. The van der Waals surface area contributed by atoms with Crippen molar-refractivity contribution >= 4 is 6.09 Å². The molecule has 16 heavy (non-hydrogen) atoms. The van der Waals surface area contributed by atoms with Gasteiger partial charge < -0.3 is 14.6 Å². The van der Waals surface area contributed by atoms with E-state index in [9.17, 15) is 4.79 Å². The van der Waals surface area contributed by atoms with Gasteiger partial charge in [0.25, 0.3) is 0 Å². The van der Waals surface area contributed by atoms with Gasteiger partial charge >= 0.3 is 6.09 Å². The van der Waals surface area contributed by atoms with Crippen LogP contribution in [-0.2, 0) is 17.8 Å². The van der Waals surface area contributed by atoms with Crippen molar-refractivity contribution in [3.05, 3.63) is 18.2 Å². The Kier molecular flexibility index (Phi) is 3.93. The van der Waals surface area contributed by atoms with Crippen molar-refractivity contribution in [2.24, 2.45) is 0 Å². The third-order valence-electron chi connectivity index (χ3n) is 1.95. The number of ether oxygens (including phenoxy) is 1. The van der Waals surface area contributed by atoms with Gasteiger partial charge in [-0.1, -0.05) is 0 Å². The molecule has 0 aliphatic rings. The number of amides is 1. The summed E-state index contributed by atoms with van der Waals surface area (Å²) in [7, 11) is 0. The third kappa shape index (κ3) is 3.92. The van der Waals surface area contributed by atoms with Crippen LogP contribution in [-0.4, -0.2) is 21.2 Å². The summed E-state index contributed by atoms with van der Waals surface area (Å²) in [5, 5.41) is 2.69. The molecule has 0 atom stereocenters. The third-order valence-corrected chi connectivity index (χ3v) is 1.95. The zero-order valence-corrected chi connectivity index (χ0v) is 10.3. The Morgan fingerprint density at radius 2 is 2.25 bits per heavy atom. The molecule has 1 amide bonds. The monoisotopic (exact) mass is 225 g/mol. The maximum absolute atomic E-state index is 11.4. The second-order valence-corrected chi connectivity index (χ2v) is 4.53. The maximum Gasteiger partial charge on any atom is 0.407 e. The molecule has 5 heteroatoms. The molecule has 0 aliphatic carbocycles. The molecule has 1 N–H and O–H groups in total. The molecule has 5 nitrogen and oxygen atoms in total. The lowest BCUT2D eigenvalue weighted by Crippen LogP contribution is -2.32. The molecular formula is C11H19N3O2. The standard InChI is InChI=1S/C11H19N3O2/c1-5-14-8-12-6-9(14)7-13-10(15)16-11(2,3)4/h6,8H,5,7H2,1-4H3,(H,13,15). The van der Waals surface area contributed by atoms with Crippen LogP contribution in [0.5, 0.6) is 0 Å². The second-order valence-electron chi connectivity index (χ2n) is 4.53. The Bertz CT molecular complexity index is 352. The van der Waals surface area contributed by atoms with Crippen molar-refractivity contribution in [3.63, 3.8) is 0 Å². The first kappa shape index (κ1) is 12.5. The molecule has 1 heterocycles. The fraction of sp³-hybridized carbons (Fsp3) is 0.636. The molecular weight excluding hydrogens is 206 g/mol. The van der Waals surface area contributed by atoms with Gasteiger partial charge in [0.15, 0.2) is 0 Å². The van der Waals surface area contributed by atoms with Crippen molar-refractivity contribution in [2.45, 2.75) is 46.4 Å². The maximum atomic E-state index is 11.4. The summed E-state index contributed by atoms with van der Waals surface area (Å²) >= 11 is 0. The van der Waals surface area contributed by atoms with Gasteiger partial charge in [-0.25, -0.2) is 9.78 Å². The molecule has 0 saturated carbocycles. The van der Waals surface area contributed by atoms with E-state index in [2.05, 4.69) is 10.3 Å². The van der Waals surface area contributed by atoms with Crippen LogP contribution in [0.4, 0.5) is 4.79 Å². The highest BCUT2D eigenvalue weighted by Gasteiger charge is 2.15. The zero-order chi connectivity index (χ0) is 12.2. The second kappa shape index (κ2) is 5.01. The Hall–Kier alpha value is -1.52. The first-order chi connectivity index (χ1) is 7.42. The number of aryl methyl sites for hydroxylation is 1. The van der Waals surface area contributed by atoms with Gasteiger partial charge in [-0.15, -0.1) is 0 Å². The molecule has 90 valence electrons. The highest BCUT2D eigenvalue weighted by atomic mass is 16.6. The van der Waals surface area contributed by atoms with E-state index in [0.29, 0.717) is 6.54 Å². The quantitative estimate of drug-likeness (QED) is 0.855. The number of nitrogens with one attached hydrogen (secondary N) is 1. The summed E-state index contributed by atoms with van der Waals surface area (Å²) in [6.45, 7) is 8.81. The van der Waals surface area contributed by atoms with Crippen molar-refractivity contribution in [3.8, 4) is 0 Å². The van der Waals surface area contributed by atoms with Crippen molar-refractivity contribution in [1.29, 1.82) is 0 Å². The number of alkyl carbamates (subject to hydrolysis) is 1. The van der Waals surface area contributed by atoms with Crippen LogP contribution in [0.25, 0.3) is 0 Å². The van der Waals surface area contributed by atoms with Crippen LogP contribution in [0, 0.1) is 0 Å². The first-order valence-electron chi connectivity index (χ1n) is 5.38. The average molecular weight is 225 g/mol. The van der Waals surface area contributed by atoms with E-state index < -0.39 is 11.7 Å². The number of aromatic nitrogens is 2. The van der Waals surface area contributed by atoms with Crippen LogP contribution < -0.4 is 5.32 Å². The highest BCUT2D eigenvalue weighted by Crippen LogP contribution is 2.07. The number of rotatable bonds is 3. The number of nitrogens with zero attached hydrogens (tertiary/aromatic N) is 2. The number of carbonyl (C=O) groups excluding carboxylic acids is 1. The predicted molar refractivity (Wildman–Crippen MR) is 61.0 cm³/mol. The van der Waals surface area contributed by atoms with Gasteiger partial charge in [-0.05, 0) is 27.7 Å². The lowest BCUT2D eigenvalue weighted by Gasteiger charge is -2.19. The normalized spacial score (nSPS) is 11.2. The summed E-state index contributed by atoms with van der Waals surface area (Å²) in [6.07, 6.45) is 3.07. The Morgan fingerprint density at radius 1 is 1.56 bits per heavy atom. The van der Waals surface area contributed by atoms with E-state index in [1.165, 1.54) is 0 Å². The topological polar surface area (TPSA) is 56.2 Å². The summed E-state index contributed by atoms with van der Waals surface area (Å²) in [5.41, 5.74) is 0.503. The molecule has 1 aromatic heterocycles. The van der Waals surface area contributed by atoms with Gasteiger partial charge in [-0.3, -0.25) is 0 Å². The average Bonchev–Trinajstić information content (AvgIpc) is 2.59. The minimum Gasteiger partial charge on any atom is -0.444 e. The summed E-state index contributed by atoms with van der Waals surface area (Å²) < 4.78 is 7.10. The van der Waals surface area contributed by atoms with Crippen LogP contribution in [0.15, 0.2) is 12.5 Å². The van der Waals surface area contributed by atoms with Gasteiger partial charge in [-0.2, -0.15) is 0 Å². The van der Waals surface area contributed by atoms with E-state index in [1.54, 1.807) is 12.5 Å². The molecule has 1 rings (SSSR count). The predicted octanol–water partition coefficient (Wildman–Crippen LogP) is 1.93. The number of hydrogen-bond acceptors (Lipinski definition) is 3. The van der Waals surface area contributed by atoms with Crippen molar-refractivity contribution in [1.82, 2.24) is 14.9 Å². The van der Waals surface area contributed by atoms with Crippen molar-refractivity contribution in [2.75, 3.05) is 0 Å². The smallest absolute Gasteiger partial charge is 0.407 e. The number of carbonyl (C=O) groups is 1. The summed E-state index contributed by atoms with van der Waals surface area (Å²) in [4.78, 5) is 15.4. The van der Waals surface area contributed by atoms with Gasteiger partial charge in [0.2, 0.25) is 0 Å². The number of hydrogen-bond donors (Lipinski definition) is 1. The molecule has 0 bridgehead atoms. The van der Waals surface area contributed by atoms with Gasteiger partial charge in [0, 0.05) is 12.7 Å². The van der Waals surface area contributed by atoms with E-state index in [0.717, 1.165) is 12.2 Å². The number of imidazole rings is 1. The molecule has 0 spiro atoms. The van der Waals surface area contributed by atoms with Gasteiger partial charge in [0.05, 0.1) is 18.6 Å². The molecule has 0 aliphatic heterocycles. The minimum absolute atomic E-state index is 0.406. The molecule has 0 fully saturated rings. The fourth-order valence-corrected chi connectivity index (χ4v) is 1.26. The fourth-order valence-electron chi connectivity index (χ4n) is 1.26. The van der Waals surface area contributed by atoms with E-state index in [-0.39, 0.29) is 0 Å². The van der Waals surface area contributed by atoms with E-state index in [1.807, 2.05) is 32.3 Å². The summed E-state index contributed by atoms with van der Waals surface area (Å²) in [5.74, 6) is 0. The highest BCUT2D eigenvalue weighted by molar-refractivity contribution is 5.67. The van der Waals surface area contributed by atoms with Crippen molar-refractivity contribution < 1.29 is 9.53 Å². The van der Waals surface area contributed by atoms with Gasteiger partial charge in [0.1, 0.15) is 5.60 Å². The SMILES string of the molecule is CCn1cncc1CNC(=O)OC(C)(C)C.